The van der Waals surface area contributed by atoms with Gasteiger partial charge in [-0.2, -0.15) is 0 Å². The standard InChI is InChI=1S/C30H40N2O/c1-7-10-13-21(4)27-20-26(25-18-16-24(17-19-25)14-11-8-2)29(23(6)32-27)30(31)22(5)28(33)15-12-9-3/h7,10,13,16-20H,8-9,11-12,14-15,31H2,1-6H3/b10-7-,21-13+,30-22-. The molecular weight excluding hydrogens is 404 g/mol. The van der Waals surface area contributed by atoms with E-state index >= 15 is 0 Å². The summed E-state index contributed by atoms with van der Waals surface area (Å²) in [5, 5.41) is 0. The van der Waals surface area contributed by atoms with E-state index in [-0.39, 0.29) is 5.78 Å². The predicted octanol–water partition coefficient (Wildman–Crippen LogP) is 7.83. The van der Waals surface area contributed by atoms with Crippen LogP contribution in [-0.4, -0.2) is 10.8 Å². The summed E-state index contributed by atoms with van der Waals surface area (Å²) >= 11 is 0. The Morgan fingerprint density at radius 2 is 1.73 bits per heavy atom. The molecule has 2 rings (SSSR count). The molecular formula is C30H40N2O. The molecule has 0 spiro atoms. The van der Waals surface area contributed by atoms with Crippen molar-refractivity contribution < 1.29 is 4.79 Å². The van der Waals surface area contributed by atoms with Crippen molar-refractivity contribution in [2.75, 3.05) is 0 Å². The maximum absolute atomic E-state index is 12.7. The lowest BCUT2D eigenvalue weighted by molar-refractivity contribution is -0.115. The molecule has 1 aromatic carbocycles. The van der Waals surface area contributed by atoms with Gasteiger partial charge in [-0.05, 0) is 75.3 Å². The van der Waals surface area contributed by atoms with Crippen LogP contribution in [-0.2, 0) is 11.2 Å². The van der Waals surface area contributed by atoms with Gasteiger partial charge in [0.2, 0.25) is 0 Å². The molecule has 0 saturated heterocycles. The molecule has 3 heteroatoms. The molecule has 0 aliphatic rings. The van der Waals surface area contributed by atoms with E-state index < -0.39 is 0 Å². The first-order valence-corrected chi connectivity index (χ1v) is 12.2. The number of rotatable bonds is 11. The zero-order valence-electron chi connectivity index (χ0n) is 21.3. The van der Waals surface area contributed by atoms with Gasteiger partial charge in [0.05, 0.1) is 5.69 Å². The van der Waals surface area contributed by atoms with Crippen LogP contribution in [0.25, 0.3) is 22.4 Å². The van der Waals surface area contributed by atoms with Gasteiger partial charge in [-0.25, -0.2) is 0 Å². The number of unbranched alkanes of at least 4 members (excludes halogenated alkanes) is 2. The van der Waals surface area contributed by atoms with Gasteiger partial charge in [0, 0.05) is 28.9 Å². The van der Waals surface area contributed by atoms with Crippen LogP contribution in [0.5, 0.6) is 0 Å². The molecule has 0 saturated carbocycles. The fourth-order valence-electron chi connectivity index (χ4n) is 3.86. The molecule has 0 radical (unpaired) electrons. The van der Waals surface area contributed by atoms with E-state index in [0.717, 1.165) is 52.9 Å². The summed E-state index contributed by atoms with van der Waals surface area (Å²) in [5.74, 6) is 0.114. The number of hydrogen-bond acceptors (Lipinski definition) is 3. The smallest absolute Gasteiger partial charge is 0.160 e. The monoisotopic (exact) mass is 444 g/mol. The normalized spacial score (nSPS) is 12.8. The highest BCUT2D eigenvalue weighted by Crippen LogP contribution is 2.33. The quantitative estimate of drug-likeness (QED) is 0.284. The van der Waals surface area contributed by atoms with Crippen molar-refractivity contribution in [3.63, 3.8) is 0 Å². The van der Waals surface area contributed by atoms with Crippen LogP contribution in [0.4, 0.5) is 0 Å². The molecule has 1 heterocycles. The van der Waals surface area contributed by atoms with E-state index in [9.17, 15) is 4.79 Å². The number of ketones is 1. The molecule has 0 aliphatic carbocycles. The average Bonchev–Trinajstić information content (AvgIpc) is 2.83. The molecule has 0 bridgehead atoms. The lowest BCUT2D eigenvalue weighted by Crippen LogP contribution is -2.11. The van der Waals surface area contributed by atoms with Crippen molar-refractivity contribution >= 4 is 17.1 Å². The molecule has 1 aromatic heterocycles. The highest BCUT2D eigenvalue weighted by molar-refractivity contribution is 6.03. The van der Waals surface area contributed by atoms with Gasteiger partial charge in [0.15, 0.2) is 5.78 Å². The number of Topliss-reactive ketones (excluding diaryl/α,β-unsaturated/α-hetero) is 1. The Balaban J connectivity index is 2.67. The summed E-state index contributed by atoms with van der Waals surface area (Å²) in [6.07, 6.45) is 11.9. The number of aryl methyl sites for hydroxylation is 2. The number of hydrogen-bond donors (Lipinski definition) is 1. The second-order valence-electron chi connectivity index (χ2n) is 8.76. The molecule has 2 N–H and O–H groups in total. The van der Waals surface area contributed by atoms with Gasteiger partial charge in [-0.15, -0.1) is 0 Å². The van der Waals surface area contributed by atoms with Crippen LogP contribution in [0.1, 0.15) is 89.2 Å². The summed E-state index contributed by atoms with van der Waals surface area (Å²) in [5.41, 5.74) is 15.0. The maximum Gasteiger partial charge on any atom is 0.160 e. The van der Waals surface area contributed by atoms with Gasteiger partial charge >= 0.3 is 0 Å². The summed E-state index contributed by atoms with van der Waals surface area (Å²) in [4.78, 5) is 17.6. The van der Waals surface area contributed by atoms with E-state index in [0.29, 0.717) is 17.7 Å². The van der Waals surface area contributed by atoms with Crippen molar-refractivity contribution in [3.8, 4) is 11.1 Å². The Labute approximate surface area is 200 Å². The lowest BCUT2D eigenvalue weighted by atomic mass is 9.91. The van der Waals surface area contributed by atoms with E-state index in [1.807, 2.05) is 32.9 Å². The van der Waals surface area contributed by atoms with Gasteiger partial charge in [0.25, 0.3) is 0 Å². The van der Waals surface area contributed by atoms with E-state index in [1.165, 1.54) is 18.4 Å². The van der Waals surface area contributed by atoms with Crippen molar-refractivity contribution in [2.45, 2.75) is 80.1 Å². The number of allylic oxidation sites excluding steroid dienone is 5. The van der Waals surface area contributed by atoms with Crippen LogP contribution in [0.3, 0.4) is 0 Å². The molecule has 0 aliphatic heterocycles. The van der Waals surface area contributed by atoms with Crippen molar-refractivity contribution in [2.24, 2.45) is 5.73 Å². The Bertz CT molecular complexity index is 1040. The molecule has 3 nitrogen and oxygen atoms in total. The SMILES string of the molecule is C/C=C\C=C(/C)c1cc(-c2ccc(CCCC)cc2)c(/C(N)=C(\C)C(=O)CCCC)c(C)n1. The zero-order chi connectivity index (χ0) is 24.4. The first-order valence-electron chi connectivity index (χ1n) is 12.2. The molecule has 176 valence electrons. The van der Waals surface area contributed by atoms with E-state index in [2.05, 4.69) is 57.2 Å². The third-order valence-electron chi connectivity index (χ3n) is 6.08. The van der Waals surface area contributed by atoms with Gasteiger partial charge in [-0.3, -0.25) is 9.78 Å². The van der Waals surface area contributed by atoms with Crippen LogP contribution in [0, 0.1) is 6.92 Å². The number of nitrogens with two attached hydrogens (primary N) is 1. The average molecular weight is 445 g/mol. The number of carbonyl (C=O) groups is 1. The predicted molar refractivity (Wildman–Crippen MR) is 143 cm³/mol. The Hall–Kier alpha value is -2.94. The highest BCUT2D eigenvalue weighted by atomic mass is 16.1. The molecule has 2 aromatic rings. The molecule has 0 unspecified atom stereocenters. The first kappa shape index (κ1) is 26.3. The van der Waals surface area contributed by atoms with Gasteiger partial charge in [0.1, 0.15) is 0 Å². The topological polar surface area (TPSA) is 56.0 Å². The van der Waals surface area contributed by atoms with Crippen LogP contribution >= 0.6 is 0 Å². The minimum atomic E-state index is 0.114. The number of nitrogens with zero attached hydrogens (tertiary/aromatic N) is 1. The number of aromatic nitrogens is 1. The second-order valence-corrected chi connectivity index (χ2v) is 8.76. The maximum atomic E-state index is 12.7. The fourth-order valence-corrected chi connectivity index (χ4v) is 3.86. The van der Waals surface area contributed by atoms with Gasteiger partial charge in [-0.1, -0.05) is 69.2 Å². The third kappa shape index (κ3) is 7.02. The van der Waals surface area contributed by atoms with Crippen molar-refractivity contribution in [3.05, 3.63) is 76.6 Å². The molecule has 0 fully saturated rings. The summed E-state index contributed by atoms with van der Waals surface area (Å²) in [7, 11) is 0. The minimum absolute atomic E-state index is 0.114. The molecule has 0 amide bonds. The number of carbonyl (C=O) groups excluding carboxylic acids is 1. The molecule has 0 atom stereocenters. The first-order chi connectivity index (χ1) is 15.8. The summed E-state index contributed by atoms with van der Waals surface area (Å²) in [6.45, 7) is 12.2. The highest BCUT2D eigenvalue weighted by Gasteiger charge is 2.18. The van der Waals surface area contributed by atoms with Gasteiger partial charge < -0.3 is 5.73 Å². The molecule has 33 heavy (non-hydrogen) atoms. The van der Waals surface area contributed by atoms with Crippen molar-refractivity contribution in [1.29, 1.82) is 0 Å². The Kier molecular flexibility index (Phi) is 10.3. The van der Waals surface area contributed by atoms with Crippen molar-refractivity contribution in [1.82, 2.24) is 4.98 Å². The Morgan fingerprint density at radius 1 is 1.06 bits per heavy atom. The summed E-state index contributed by atoms with van der Waals surface area (Å²) < 4.78 is 0. The summed E-state index contributed by atoms with van der Waals surface area (Å²) in [6, 6.07) is 10.8. The number of benzene rings is 1. The largest absolute Gasteiger partial charge is 0.398 e. The van der Waals surface area contributed by atoms with E-state index in [4.69, 9.17) is 10.7 Å². The van der Waals surface area contributed by atoms with Crippen LogP contribution in [0.2, 0.25) is 0 Å². The van der Waals surface area contributed by atoms with E-state index in [1.54, 1.807) is 0 Å². The Morgan fingerprint density at radius 3 is 2.33 bits per heavy atom. The zero-order valence-corrected chi connectivity index (χ0v) is 21.3. The fraction of sp³-hybridized carbons (Fsp3) is 0.400. The number of pyridine rings is 1. The third-order valence-corrected chi connectivity index (χ3v) is 6.08. The van der Waals surface area contributed by atoms with Crippen LogP contribution in [0.15, 0.2) is 54.1 Å². The second kappa shape index (κ2) is 12.9. The minimum Gasteiger partial charge on any atom is -0.398 e. The lowest BCUT2D eigenvalue weighted by Gasteiger charge is -2.18. The van der Waals surface area contributed by atoms with Crippen LogP contribution < -0.4 is 5.73 Å².